The normalized spacial score (nSPS) is 14.3. The molecule has 0 fully saturated rings. The lowest BCUT2D eigenvalue weighted by atomic mass is 9.99. The predicted molar refractivity (Wildman–Crippen MR) is 79.7 cm³/mol. The molecule has 102 valence electrons. The van der Waals surface area contributed by atoms with Crippen molar-refractivity contribution in [2.75, 3.05) is 5.75 Å². The van der Waals surface area contributed by atoms with Gasteiger partial charge in [-0.3, -0.25) is 4.40 Å². The molecule has 4 nitrogen and oxygen atoms in total. The number of fused-ring (bicyclic) bond motifs is 1. The highest BCUT2D eigenvalue weighted by Crippen LogP contribution is 2.28. The fraction of sp³-hybridized carbons (Fsp3) is 0.200. The number of aliphatic hydroxyl groups is 1. The zero-order valence-corrected chi connectivity index (χ0v) is 11.9. The van der Waals surface area contributed by atoms with Crippen LogP contribution in [0.2, 0.25) is 0 Å². The lowest BCUT2D eigenvalue weighted by Crippen LogP contribution is -2.24. The molecule has 20 heavy (non-hydrogen) atoms. The van der Waals surface area contributed by atoms with Crippen molar-refractivity contribution in [3.63, 3.8) is 0 Å². The van der Waals surface area contributed by atoms with Crippen LogP contribution in [0.15, 0.2) is 59.9 Å². The molecule has 0 aliphatic rings. The van der Waals surface area contributed by atoms with Crippen LogP contribution in [0.25, 0.3) is 5.65 Å². The lowest BCUT2D eigenvalue weighted by Gasteiger charge is -2.22. The van der Waals surface area contributed by atoms with Gasteiger partial charge in [-0.2, -0.15) is 0 Å². The molecule has 0 aliphatic carbocycles. The highest BCUT2D eigenvalue weighted by atomic mass is 32.2. The minimum atomic E-state index is -0.896. The molecule has 0 saturated carbocycles. The maximum absolute atomic E-state index is 10.6. The Morgan fingerprint density at radius 2 is 1.85 bits per heavy atom. The zero-order valence-electron chi connectivity index (χ0n) is 11.1. The summed E-state index contributed by atoms with van der Waals surface area (Å²) < 4.78 is 1.92. The van der Waals surface area contributed by atoms with Crippen LogP contribution >= 0.6 is 11.8 Å². The first-order valence-corrected chi connectivity index (χ1v) is 7.36. The minimum Gasteiger partial charge on any atom is -0.385 e. The van der Waals surface area contributed by atoms with Gasteiger partial charge in [0.15, 0.2) is 10.8 Å². The molecule has 0 bridgehead atoms. The summed E-state index contributed by atoms with van der Waals surface area (Å²) in [6.07, 6.45) is 1.93. The van der Waals surface area contributed by atoms with Crippen molar-refractivity contribution < 1.29 is 5.11 Å². The molecule has 1 N–H and O–H groups in total. The van der Waals surface area contributed by atoms with Gasteiger partial charge < -0.3 is 5.11 Å². The average Bonchev–Trinajstić information content (AvgIpc) is 2.89. The molecule has 3 rings (SSSR count). The highest BCUT2D eigenvalue weighted by Gasteiger charge is 2.24. The van der Waals surface area contributed by atoms with Crippen molar-refractivity contribution in [1.29, 1.82) is 0 Å². The van der Waals surface area contributed by atoms with Crippen molar-refractivity contribution in [2.24, 2.45) is 0 Å². The standard InChI is InChI=1S/C15H15N3OS/c1-15(19,12-7-3-2-4-8-12)11-20-14-17-16-13-9-5-6-10-18(13)14/h2-10,19H,11H2,1H3. The molecular weight excluding hydrogens is 270 g/mol. The first kappa shape index (κ1) is 13.1. The molecule has 0 amide bonds. The summed E-state index contributed by atoms with van der Waals surface area (Å²) in [6, 6.07) is 15.5. The molecule has 3 aromatic rings. The van der Waals surface area contributed by atoms with E-state index in [1.807, 2.05) is 66.1 Å². The number of hydrogen-bond donors (Lipinski definition) is 1. The maximum atomic E-state index is 10.6. The summed E-state index contributed by atoms with van der Waals surface area (Å²) in [6.45, 7) is 1.82. The van der Waals surface area contributed by atoms with Crippen LogP contribution in [-0.2, 0) is 5.60 Å². The number of hydrogen-bond acceptors (Lipinski definition) is 4. The number of nitrogens with zero attached hydrogens (tertiary/aromatic N) is 3. The second-order valence-electron chi connectivity index (χ2n) is 4.84. The quantitative estimate of drug-likeness (QED) is 0.749. The largest absolute Gasteiger partial charge is 0.385 e. The average molecular weight is 285 g/mol. The molecule has 1 aromatic carbocycles. The van der Waals surface area contributed by atoms with E-state index in [-0.39, 0.29) is 0 Å². The Morgan fingerprint density at radius 3 is 2.65 bits per heavy atom. The Balaban J connectivity index is 1.79. The van der Waals surface area contributed by atoms with Crippen LogP contribution in [-0.4, -0.2) is 25.5 Å². The topological polar surface area (TPSA) is 50.4 Å². The fourth-order valence-electron chi connectivity index (χ4n) is 2.00. The SMILES string of the molecule is CC(O)(CSc1nnc2ccccn12)c1ccccc1. The summed E-state index contributed by atoms with van der Waals surface area (Å²) in [5, 5.41) is 19.6. The summed E-state index contributed by atoms with van der Waals surface area (Å²) in [4.78, 5) is 0. The maximum Gasteiger partial charge on any atom is 0.195 e. The van der Waals surface area contributed by atoms with Crippen LogP contribution in [0, 0.1) is 0 Å². The van der Waals surface area contributed by atoms with Gasteiger partial charge in [-0.05, 0) is 24.6 Å². The van der Waals surface area contributed by atoms with E-state index in [9.17, 15) is 5.11 Å². The Kier molecular flexibility index (Phi) is 3.46. The predicted octanol–water partition coefficient (Wildman–Crippen LogP) is 2.73. The second kappa shape index (κ2) is 5.26. The van der Waals surface area contributed by atoms with Gasteiger partial charge in [0.2, 0.25) is 0 Å². The molecule has 1 unspecified atom stereocenters. The molecule has 2 heterocycles. The van der Waals surface area contributed by atoms with Gasteiger partial charge in [0.05, 0.1) is 5.60 Å². The van der Waals surface area contributed by atoms with Crippen LogP contribution < -0.4 is 0 Å². The molecule has 0 spiro atoms. The van der Waals surface area contributed by atoms with E-state index in [4.69, 9.17) is 0 Å². The summed E-state index contributed by atoms with van der Waals surface area (Å²) in [5.41, 5.74) is 0.822. The fourth-order valence-corrected chi connectivity index (χ4v) is 2.97. The third-order valence-corrected chi connectivity index (χ3v) is 4.40. The third-order valence-electron chi connectivity index (χ3n) is 3.16. The van der Waals surface area contributed by atoms with Crippen molar-refractivity contribution in [2.45, 2.75) is 17.7 Å². The molecule has 0 aliphatic heterocycles. The van der Waals surface area contributed by atoms with Gasteiger partial charge in [0.1, 0.15) is 0 Å². The van der Waals surface area contributed by atoms with Gasteiger partial charge >= 0.3 is 0 Å². The van der Waals surface area contributed by atoms with Gasteiger partial charge in [-0.15, -0.1) is 10.2 Å². The molecular formula is C15H15N3OS. The molecule has 0 radical (unpaired) electrons. The Labute approximate surface area is 121 Å². The van der Waals surface area contributed by atoms with Crippen LogP contribution in [0.3, 0.4) is 0 Å². The van der Waals surface area contributed by atoms with Crippen molar-refractivity contribution in [1.82, 2.24) is 14.6 Å². The lowest BCUT2D eigenvalue weighted by molar-refractivity contribution is 0.0839. The molecule has 0 saturated heterocycles. The first-order valence-electron chi connectivity index (χ1n) is 6.37. The monoisotopic (exact) mass is 285 g/mol. The number of rotatable bonds is 4. The minimum absolute atomic E-state index is 0.521. The van der Waals surface area contributed by atoms with Crippen molar-refractivity contribution >= 4 is 17.4 Å². The number of thioether (sulfide) groups is 1. The summed E-state index contributed by atoms with van der Waals surface area (Å²) in [5.74, 6) is 0.521. The van der Waals surface area contributed by atoms with Crippen LogP contribution in [0.1, 0.15) is 12.5 Å². The number of benzene rings is 1. The Hall–Kier alpha value is -1.85. The number of aromatic nitrogens is 3. The molecule has 5 heteroatoms. The van der Waals surface area contributed by atoms with E-state index in [0.29, 0.717) is 5.75 Å². The van der Waals surface area contributed by atoms with E-state index in [0.717, 1.165) is 16.4 Å². The van der Waals surface area contributed by atoms with E-state index < -0.39 is 5.60 Å². The second-order valence-corrected chi connectivity index (χ2v) is 5.78. The third kappa shape index (κ3) is 2.55. The van der Waals surface area contributed by atoms with Crippen LogP contribution in [0.5, 0.6) is 0 Å². The number of pyridine rings is 1. The summed E-state index contributed by atoms with van der Waals surface area (Å²) in [7, 11) is 0. The Morgan fingerprint density at radius 1 is 1.10 bits per heavy atom. The summed E-state index contributed by atoms with van der Waals surface area (Å²) >= 11 is 1.50. The van der Waals surface area contributed by atoms with Gasteiger partial charge in [-0.25, -0.2) is 0 Å². The smallest absolute Gasteiger partial charge is 0.195 e. The van der Waals surface area contributed by atoms with Gasteiger partial charge in [0, 0.05) is 11.9 Å². The van der Waals surface area contributed by atoms with Gasteiger partial charge in [-0.1, -0.05) is 48.2 Å². The molecule has 2 aromatic heterocycles. The molecule has 1 atom stereocenters. The van der Waals surface area contributed by atoms with Crippen LogP contribution in [0.4, 0.5) is 0 Å². The highest BCUT2D eigenvalue weighted by molar-refractivity contribution is 7.99. The van der Waals surface area contributed by atoms with Crippen molar-refractivity contribution in [3.8, 4) is 0 Å². The first-order chi connectivity index (χ1) is 9.67. The van der Waals surface area contributed by atoms with E-state index >= 15 is 0 Å². The van der Waals surface area contributed by atoms with Gasteiger partial charge in [0.25, 0.3) is 0 Å². The van der Waals surface area contributed by atoms with Crippen molar-refractivity contribution in [3.05, 3.63) is 60.3 Å². The van der Waals surface area contributed by atoms with E-state index in [1.54, 1.807) is 0 Å². The van der Waals surface area contributed by atoms with E-state index in [2.05, 4.69) is 10.2 Å². The zero-order chi connectivity index (χ0) is 14.0. The Bertz CT molecular complexity index is 709. The van der Waals surface area contributed by atoms with E-state index in [1.165, 1.54) is 11.8 Å².